The van der Waals surface area contributed by atoms with Crippen molar-refractivity contribution in [3.8, 4) is 11.5 Å². The molecule has 2 aliphatic rings. The predicted molar refractivity (Wildman–Crippen MR) is 128 cm³/mol. The summed E-state index contributed by atoms with van der Waals surface area (Å²) in [4.78, 5) is 34.3. The zero-order valence-corrected chi connectivity index (χ0v) is 19.0. The Hall–Kier alpha value is -3.15. The first-order valence-corrected chi connectivity index (χ1v) is 12.2. The van der Waals surface area contributed by atoms with Gasteiger partial charge in [0.1, 0.15) is 5.52 Å². The standard InChI is InChI=1S/C27H31N3O3/c31-25(29-14-6-1-2-7-15-29)18-20-12-16-30(17-13-20)27(32)22-10-11-23-24(19-22)33-26(28-23)21-8-4-3-5-9-21/h3-5,8-11,19-20H,1-2,6-7,12-18H2. The third-order valence-electron chi connectivity index (χ3n) is 6.98. The van der Waals surface area contributed by atoms with Crippen LogP contribution in [0.1, 0.15) is 55.3 Å². The van der Waals surface area contributed by atoms with Crippen LogP contribution in [-0.2, 0) is 4.79 Å². The predicted octanol–water partition coefficient (Wildman–Crippen LogP) is 5.14. The first kappa shape index (κ1) is 21.7. The third kappa shape index (κ3) is 4.95. The molecule has 0 spiro atoms. The molecule has 2 aromatic carbocycles. The molecule has 6 heteroatoms. The summed E-state index contributed by atoms with van der Waals surface area (Å²) < 4.78 is 5.94. The minimum atomic E-state index is 0.0202. The smallest absolute Gasteiger partial charge is 0.253 e. The molecule has 5 rings (SSSR count). The van der Waals surface area contributed by atoms with Crippen LogP contribution in [0.5, 0.6) is 0 Å². The average molecular weight is 446 g/mol. The van der Waals surface area contributed by atoms with Gasteiger partial charge in [0.15, 0.2) is 5.58 Å². The molecular formula is C27H31N3O3. The van der Waals surface area contributed by atoms with Gasteiger partial charge in [-0.2, -0.15) is 0 Å². The summed E-state index contributed by atoms with van der Waals surface area (Å²) in [5.74, 6) is 1.25. The zero-order chi connectivity index (χ0) is 22.6. The van der Waals surface area contributed by atoms with Crippen molar-refractivity contribution in [2.45, 2.75) is 44.9 Å². The number of piperidine rings is 1. The molecule has 2 fully saturated rings. The van der Waals surface area contributed by atoms with E-state index in [0.717, 1.165) is 49.9 Å². The molecule has 2 saturated heterocycles. The number of carbonyl (C=O) groups excluding carboxylic acids is 2. The highest BCUT2D eigenvalue weighted by Crippen LogP contribution is 2.27. The van der Waals surface area contributed by atoms with Gasteiger partial charge in [0, 0.05) is 43.7 Å². The van der Waals surface area contributed by atoms with Crippen LogP contribution in [0.25, 0.3) is 22.6 Å². The van der Waals surface area contributed by atoms with Crippen LogP contribution >= 0.6 is 0 Å². The Morgan fingerprint density at radius 3 is 2.33 bits per heavy atom. The van der Waals surface area contributed by atoms with Crippen molar-refractivity contribution in [3.63, 3.8) is 0 Å². The van der Waals surface area contributed by atoms with Crippen LogP contribution in [0, 0.1) is 5.92 Å². The largest absolute Gasteiger partial charge is 0.436 e. The Morgan fingerprint density at radius 1 is 0.879 bits per heavy atom. The lowest BCUT2D eigenvalue weighted by Gasteiger charge is -2.33. The maximum atomic E-state index is 13.1. The molecule has 0 bridgehead atoms. The number of oxazole rings is 1. The number of benzene rings is 2. The maximum Gasteiger partial charge on any atom is 0.253 e. The monoisotopic (exact) mass is 445 g/mol. The van der Waals surface area contributed by atoms with Gasteiger partial charge in [-0.05, 0) is 61.9 Å². The molecule has 0 radical (unpaired) electrons. The van der Waals surface area contributed by atoms with E-state index in [1.165, 1.54) is 12.8 Å². The number of hydrogen-bond donors (Lipinski definition) is 0. The number of fused-ring (bicyclic) bond motifs is 1. The van der Waals surface area contributed by atoms with Gasteiger partial charge in [0.2, 0.25) is 11.8 Å². The summed E-state index contributed by atoms with van der Waals surface area (Å²) in [6, 6.07) is 15.2. The van der Waals surface area contributed by atoms with Gasteiger partial charge in [0.25, 0.3) is 5.91 Å². The molecule has 0 atom stereocenters. The highest BCUT2D eigenvalue weighted by Gasteiger charge is 2.27. The summed E-state index contributed by atoms with van der Waals surface area (Å²) in [5, 5.41) is 0. The van der Waals surface area contributed by atoms with E-state index >= 15 is 0 Å². The lowest BCUT2D eigenvalue weighted by molar-refractivity contribution is -0.132. The third-order valence-corrected chi connectivity index (χ3v) is 6.98. The normalized spacial score (nSPS) is 17.8. The second-order valence-corrected chi connectivity index (χ2v) is 9.30. The highest BCUT2D eigenvalue weighted by atomic mass is 16.3. The number of aromatic nitrogens is 1. The van der Waals surface area contributed by atoms with E-state index in [0.29, 0.717) is 48.4 Å². The number of rotatable bonds is 4. The Kier molecular flexibility index (Phi) is 6.42. The van der Waals surface area contributed by atoms with E-state index < -0.39 is 0 Å². The molecule has 2 aliphatic heterocycles. The van der Waals surface area contributed by atoms with Crippen molar-refractivity contribution in [1.82, 2.24) is 14.8 Å². The van der Waals surface area contributed by atoms with Gasteiger partial charge >= 0.3 is 0 Å². The molecule has 6 nitrogen and oxygen atoms in total. The second kappa shape index (κ2) is 9.77. The van der Waals surface area contributed by atoms with E-state index in [9.17, 15) is 9.59 Å². The summed E-state index contributed by atoms with van der Waals surface area (Å²) in [7, 11) is 0. The van der Waals surface area contributed by atoms with Crippen molar-refractivity contribution in [1.29, 1.82) is 0 Å². The molecule has 3 aromatic rings. The first-order valence-electron chi connectivity index (χ1n) is 12.2. The quantitative estimate of drug-likeness (QED) is 0.558. The molecule has 3 heterocycles. The molecule has 172 valence electrons. The van der Waals surface area contributed by atoms with Crippen LogP contribution < -0.4 is 0 Å². The van der Waals surface area contributed by atoms with Gasteiger partial charge < -0.3 is 14.2 Å². The average Bonchev–Trinajstić information content (AvgIpc) is 3.09. The van der Waals surface area contributed by atoms with Crippen molar-refractivity contribution in [2.75, 3.05) is 26.2 Å². The van der Waals surface area contributed by atoms with Crippen LogP contribution in [-0.4, -0.2) is 52.8 Å². The molecular weight excluding hydrogens is 414 g/mol. The lowest BCUT2D eigenvalue weighted by Crippen LogP contribution is -2.40. The fraction of sp³-hybridized carbons (Fsp3) is 0.444. The molecule has 33 heavy (non-hydrogen) atoms. The first-order chi connectivity index (χ1) is 16.2. The van der Waals surface area contributed by atoms with Crippen LogP contribution in [0.3, 0.4) is 0 Å². The minimum absolute atomic E-state index is 0.0202. The molecule has 0 saturated carbocycles. The summed E-state index contributed by atoms with van der Waals surface area (Å²) >= 11 is 0. The number of hydrogen-bond acceptors (Lipinski definition) is 4. The fourth-order valence-electron chi connectivity index (χ4n) is 4.98. The van der Waals surface area contributed by atoms with E-state index in [4.69, 9.17) is 4.42 Å². The van der Waals surface area contributed by atoms with Gasteiger partial charge in [-0.25, -0.2) is 4.98 Å². The number of amides is 2. The van der Waals surface area contributed by atoms with E-state index in [-0.39, 0.29) is 5.91 Å². The molecule has 1 aromatic heterocycles. The van der Waals surface area contributed by atoms with Crippen LogP contribution in [0.15, 0.2) is 52.9 Å². The highest BCUT2D eigenvalue weighted by molar-refractivity contribution is 5.97. The van der Waals surface area contributed by atoms with Gasteiger partial charge in [-0.15, -0.1) is 0 Å². The molecule has 0 N–H and O–H groups in total. The van der Waals surface area contributed by atoms with Crippen molar-refractivity contribution in [3.05, 3.63) is 54.1 Å². The van der Waals surface area contributed by atoms with Crippen molar-refractivity contribution in [2.24, 2.45) is 5.92 Å². The Bertz CT molecular complexity index is 1110. The number of carbonyl (C=O) groups is 2. The summed E-state index contributed by atoms with van der Waals surface area (Å²) in [6.45, 7) is 3.21. The Morgan fingerprint density at radius 2 is 1.61 bits per heavy atom. The van der Waals surface area contributed by atoms with E-state index in [2.05, 4.69) is 9.88 Å². The summed E-state index contributed by atoms with van der Waals surface area (Å²) in [6.07, 6.45) is 7.11. The number of likely N-dealkylation sites (tertiary alicyclic amines) is 2. The minimum Gasteiger partial charge on any atom is -0.436 e. The molecule has 0 aliphatic carbocycles. The van der Waals surface area contributed by atoms with E-state index in [1.807, 2.05) is 47.4 Å². The molecule has 0 unspecified atom stereocenters. The Labute approximate surface area is 194 Å². The number of nitrogens with zero attached hydrogens (tertiary/aromatic N) is 3. The van der Waals surface area contributed by atoms with Gasteiger partial charge in [-0.3, -0.25) is 9.59 Å². The SMILES string of the molecule is O=C(CC1CCN(C(=O)c2ccc3nc(-c4ccccc4)oc3c2)CC1)N1CCCCCC1. The fourth-order valence-corrected chi connectivity index (χ4v) is 4.98. The Balaban J connectivity index is 1.19. The lowest BCUT2D eigenvalue weighted by atomic mass is 9.92. The van der Waals surface area contributed by atoms with E-state index in [1.54, 1.807) is 6.07 Å². The zero-order valence-electron chi connectivity index (χ0n) is 19.0. The topological polar surface area (TPSA) is 66.7 Å². The van der Waals surface area contributed by atoms with Gasteiger partial charge in [-0.1, -0.05) is 31.0 Å². The van der Waals surface area contributed by atoms with Crippen LogP contribution in [0.4, 0.5) is 0 Å². The van der Waals surface area contributed by atoms with Crippen molar-refractivity contribution < 1.29 is 14.0 Å². The van der Waals surface area contributed by atoms with Crippen LogP contribution in [0.2, 0.25) is 0 Å². The van der Waals surface area contributed by atoms with Crippen molar-refractivity contribution >= 4 is 22.9 Å². The maximum absolute atomic E-state index is 13.1. The molecule has 2 amide bonds. The van der Waals surface area contributed by atoms with Gasteiger partial charge in [0.05, 0.1) is 0 Å². The second-order valence-electron chi connectivity index (χ2n) is 9.30. The summed E-state index contributed by atoms with van der Waals surface area (Å²) in [5.41, 5.74) is 2.91.